The van der Waals surface area contributed by atoms with Gasteiger partial charge in [0.15, 0.2) is 0 Å². The van der Waals surface area contributed by atoms with Gasteiger partial charge in [-0.2, -0.15) is 0 Å². The molecule has 1 atom stereocenters. The van der Waals surface area contributed by atoms with Crippen LogP contribution in [0.3, 0.4) is 0 Å². The lowest BCUT2D eigenvalue weighted by atomic mass is 9.98. The van der Waals surface area contributed by atoms with E-state index in [1.807, 2.05) is 13.0 Å². The van der Waals surface area contributed by atoms with E-state index in [2.05, 4.69) is 24.3 Å². The fourth-order valence-electron chi connectivity index (χ4n) is 2.22. The molecule has 0 saturated carbocycles. The van der Waals surface area contributed by atoms with Crippen molar-refractivity contribution >= 4 is 5.97 Å². The smallest absolute Gasteiger partial charge is 0.306 e. The Morgan fingerprint density at radius 3 is 2.39 bits per heavy atom. The molecule has 0 amide bonds. The lowest BCUT2D eigenvalue weighted by Gasteiger charge is -2.08. The molecule has 1 N–H and O–H groups in total. The van der Waals surface area contributed by atoms with Crippen LogP contribution in [0.25, 0.3) is 0 Å². The summed E-state index contributed by atoms with van der Waals surface area (Å²) in [4.78, 5) is 10.8. The van der Waals surface area contributed by atoms with Crippen molar-refractivity contribution in [3.05, 3.63) is 35.9 Å². The van der Waals surface area contributed by atoms with Crippen LogP contribution in [0.4, 0.5) is 0 Å². The molecule has 1 aromatic rings. The predicted molar refractivity (Wildman–Crippen MR) is 74.6 cm³/mol. The highest BCUT2D eigenvalue weighted by Crippen LogP contribution is 2.15. The minimum atomic E-state index is -0.637. The highest BCUT2D eigenvalue weighted by Gasteiger charge is 2.13. The van der Waals surface area contributed by atoms with Crippen LogP contribution >= 0.6 is 0 Å². The minimum absolute atomic E-state index is 0.140. The lowest BCUT2D eigenvalue weighted by molar-refractivity contribution is -0.142. The average molecular weight is 248 g/mol. The van der Waals surface area contributed by atoms with E-state index in [0.29, 0.717) is 0 Å². The number of rotatable bonds is 9. The van der Waals surface area contributed by atoms with Crippen molar-refractivity contribution in [2.24, 2.45) is 5.92 Å². The number of aryl methyl sites for hydroxylation is 1. The van der Waals surface area contributed by atoms with Crippen molar-refractivity contribution in [3.63, 3.8) is 0 Å². The van der Waals surface area contributed by atoms with E-state index in [9.17, 15) is 4.79 Å². The summed E-state index contributed by atoms with van der Waals surface area (Å²) in [7, 11) is 0. The molecule has 0 aliphatic carbocycles. The number of hydrogen-bond donors (Lipinski definition) is 1. The van der Waals surface area contributed by atoms with Gasteiger partial charge in [0.2, 0.25) is 0 Å². The van der Waals surface area contributed by atoms with Crippen molar-refractivity contribution in [2.75, 3.05) is 0 Å². The summed E-state index contributed by atoms with van der Waals surface area (Å²) in [6, 6.07) is 10.5. The summed E-state index contributed by atoms with van der Waals surface area (Å²) < 4.78 is 0. The van der Waals surface area contributed by atoms with Crippen LogP contribution < -0.4 is 0 Å². The maximum Gasteiger partial charge on any atom is 0.306 e. The Morgan fingerprint density at radius 2 is 1.78 bits per heavy atom. The predicted octanol–water partition coefficient (Wildman–Crippen LogP) is 4.29. The molecule has 1 rings (SSSR count). The summed E-state index contributed by atoms with van der Waals surface area (Å²) in [6.45, 7) is 1.95. The average Bonchev–Trinajstić information content (AvgIpc) is 2.38. The van der Waals surface area contributed by atoms with Crippen molar-refractivity contribution in [1.29, 1.82) is 0 Å². The first-order chi connectivity index (χ1) is 8.74. The Kier molecular flexibility index (Phi) is 7.16. The molecule has 0 spiro atoms. The van der Waals surface area contributed by atoms with E-state index in [4.69, 9.17) is 5.11 Å². The zero-order chi connectivity index (χ0) is 13.2. The third kappa shape index (κ3) is 5.85. The summed E-state index contributed by atoms with van der Waals surface area (Å²) in [5, 5.41) is 8.92. The second-order valence-electron chi connectivity index (χ2n) is 4.88. The van der Waals surface area contributed by atoms with Gasteiger partial charge in [-0.15, -0.1) is 0 Å². The van der Waals surface area contributed by atoms with Crippen LogP contribution in [-0.4, -0.2) is 11.1 Å². The van der Waals surface area contributed by atoms with Gasteiger partial charge < -0.3 is 5.11 Å². The number of hydrogen-bond acceptors (Lipinski definition) is 1. The quantitative estimate of drug-likeness (QED) is 0.662. The summed E-state index contributed by atoms with van der Waals surface area (Å²) >= 11 is 0. The summed E-state index contributed by atoms with van der Waals surface area (Å²) in [5.74, 6) is -0.777. The molecule has 1 aromatic carbocycles. The summed E-state index contributed by atoms with van der Waals surface area (Å²) in [5.41, 5.74) is 1.40. The monoisotopic (exact) mass is 248 g/mol. The van der Waals surface area contributed by atoms with E-state index in [1.54, 1.807) is 0 Å². The molecular formula is C16H24O2. The SMILES string of the molecule is CCC(CCCCCCc1ccccc1)C(=O)O. The molecule has 18 heavy (non-hydrogen) atoms. The van der Waals surface area contributed by atoms with Crippen molar-refractivity contribution in [2.45, 2.75) is 51.9 Å². The third-order valence-electron chi connectivity index (χ3n) is 3.45. The van der Waals surface area contributed by atoms with E-state index in [-0.39, 0.29) is 5.92 Å². The number of unbranched alkanes of at least 4 members (excludes halogenated alkanes) is 3. The highest BCUT2D eigenvalue weighted by atomic mass is 16.4. The molecular weight excluding hydrogens is 224 g/mol. The van der Waals surface area contributed by atoms with E-state index < -0.39 is 5.97 Å². The van der Waals surface area contributed by atoms with E-state index in [1.165, 1.54) is 18.4 Å². The number of carbonyl (C=O) groups is 1. The lowest BCUT2D eigenvalue weighted by Crippen LogP contribution is -2.12. The maximum atomic E-state index is 10.8. The first-order valence-electron chi connectivity index (χ1n) is 7.00. The second kappa shape index (κ2) is 8.73. The molecule has 2 heteroatoms. The van der Waals surface area contributed by atoms with Crippen LogP contribution in [-0.2, 0) is 11.2 Å². The molecule has 100 valence electrons. The first-order valence-corrected chi connectivity index (χ1v) is 7.00. The van der Waals surface area contributed by atoms with Gasteiger partial charge in [0.05, 0.1) is 5.92 Å². The van der Waals surface area contributed by atoms with E-state index >= 15 is 0 Å². The van der Waals surface area contributed by atoms with Crippen LogP contribution in [0.15, 0.2) is 30.3 Å². The third-order valence-corrected chi connectivity index (χ3v) is 3.45. The van der Waals surface area contributed by atoms with Gasteiger partial charge in [-0.1, -0.05) is 56.5 Å². The first kappa shape index (κ1) is 14.7. The van der Waals surface area contributed by atoms with Gasteiger partial charge >= 0.3 is 5.97 Å². The molecule has 1 unspecified atom stereocenters. The van der Waals surface area contributed by atoms with Crippen LogP contribution in [0.1, 0.15) is 51.0 Å². The molecule has 0 aliphatic heterocycles. The fraction of sp³-hybridized carbons (Fsp3) is 0.562. The van der Waals surface area contributed by atoms with Crippen LogP contribution in [0.2, 0.25) is 0 Å². The van der Waals surface area contributed by atoms with E-state index in [0.717, 1.165) is 32.1 Å². The van der Waals surface area contributed by atoms with Gasteiger partial charge in [-0.05, 0) is 31.2 Å². The number of carboxylic acid groups (broad SMARTS) is 1. The minimum Gasteiger partial charge on any atom is -0.481 e. The number of carboxylic acids is 1. The van der Waals surface area contributed by atoms with Crippen molar-refractivity contribution in [3.8, 4) is 0 Å². The molecule has 0 fully saturated rings. The van der Waals surface area contributed by atoms with Crippen LogP contribution in [0.5, 0.6) is 0 Å². The normalized spacial score (nSPS) is 12.3. The van der Waals surface area contributed by atoms with Gasteiger partial charge in [-0.3, -0.25) is 4.79 Å². The number of benzene rings is 1. The Labute approximate surface area is 110 Å². The molecule has 2 nitrogen and oxygen atoms in total. The summed E-state index contributed by atoms with van der Waals surface area (Å²) in [6.07, 6.45) is 7.31. The zero-order valence-electron chi connectivity index (χ0n) is 11.3. The molecule has 0 aromatic heterocycles. The topological polar surface area (TPSA) is 37.3 Å². The Morgan fingerprint density at radius 1 is 1.11 bits per heavy atom. The van der Waals surface area contributed by atoms with Crippen molar-refractivity contribution < 1.29 is 9.90 Å². The molecule has 0 saturated heterocycles. The van der Waals surface area contributed by atoms with Crippen molar-refractivity contribution in [1.82, 2.24) is 0 Å². The standard InChI is InChI=1S/C16H24O2/c1-2-15(16(17)18)13-9-4-3-6-10-14-11-7-5-8-12-14/h5,7-8,11-12,15H,2-4,6,9-10,13H2,1H3,(H,17,18). The van der Waals surface area contributed by atoms with Crippen LogP contribution in [0, 0.1) is 5.92 Å². The zero-order valence-corrected chi connectivity index (χ0v) is 11.3. The Bertz CT molecular complexity index is 332. The molecule has 0 bridgehead atoms. The van der Waals surface area contributed by atoms with Gasteiger partial charge in [0, 0.05) is 0 Å². The fourth-order valence-corrected chi connectivity index (χ4v) is 2.22. The van der Waals surface area contributed by atoms with Gasteiger partial charge in [0.25, 0.3) is 0 Å². The second-order valence-corrected chi connectivity index (χ2v) is 4.88. The molecule has 0 heterocycles. The maximum absolute atomic E-state index is 10.8. The Hall–Kier alpha value is -1.31. The molecule has 0 radical (unpaired) electrons. The van der Waals surface area contributed by atoms with Gasteiger partial charge in [-0.25, -0.2) is 0 Å². The van der Waals surface area contributed by atoms with Gasteiger partial charge in [0.1, 0.15) is 0 Å². The Balaban J connectivity index is 2.04. The number of aliphatic carboxylic acids is 1. The highest BCUT2D eigenvalue weighted by molar-refractivity contribution is 5.69. The largest absolute Gasteiger partial charge is 0.481 e. The molecule has 0 aliphatic rings.